The molecule has 6 nitrogen and oxygen atoms in total. The highest BCUT2D eigenvalue weighted by Gasteiger charge is 2.25. The smallest absolute Gasteiger partial charge is 0.337 e. The van der Waals surface area contributed by atoms with Gasteiger partial charge < -0.3 is 15.4 Å². The van der Waals surface area contributed by atoms with Gasteiger partial charge in [-0.2, -0.15) is 0 Å². The Hall–Kier alpha value is -2.34. The Balaban J connectivity index is 2.16. The van der Waals surface area contributed by atoms with Crippen LogP contribution in [0, 0.1) is 0 Å². The quantitative estimate of drug-likeness (QED) is 0.785. The third-order valence-corrected chi connectivity index (χ3v) is 3.93. The fourth-order valence-electron chi connectivity index (χ4n) is 2.45. The van der Waals surface area contributed by atoms with Crippen LogP contribution < -0.4 is 10.6 Å². The number of nitrogens with zero attached hydrogens (tertiary/aromatic N) is 1. The summed E-state index contributed by atoms with van der Waals surface area (Å²) in [4.78, 5) is 25.7. The van der Waals surface area contributed by atoms with Crippen LogP contribution in [0.15, 0.2) is 41.6 Å². The molecule has 124 valence electrons. The predicted molar refractivity (Wildman–Crippen MR) is 87.7 cm³/mol. The molecule has 1 aromatic carbocycles. The molecule has 0 saturated carbocycles. The van der Waals surface area contributed by atoms with Crippen LogP contribution in [-0.2, 0) is 9.53 Å². The first-order chi connectivity index (χ1) is 11.0. The number of benzene rings is 1. The molecule has 1 unspecified atom stereocenters. The van der Waals surface area contributed by atoms with Crippen LogP contribution in [0.3, 0.4) is 0 Å². The molecular weight excluding hydrogens is 294 g/mol. The van der Waals surface area contributed by atoms with E-state index >= 15 is 0 Å². The molecule has 0 radical (unpaired) electrons. The van der Waals surface area contributed by atoms with Gasteiger partial charge in [0.2, 0.25) is 0 Å². The monoisotopic (exact) mass is 317 g/mol. The van der Waals surface area contributed by atoms with Crippen LogP contribution in [0.5, 0.6) is 0 Å². The van der Waals surface area contributed by atoms with E-state index in [9.17, 15) is 9.59 Å². The van der Waals surface area contributed by atoms with Gasteiger partial charge in [0.25, 0.3) is 0 Å². The molecule has 0 aliphatic carbocycles. The van der Waals surface area contributed by atoms with Gasteiger partial charge in [-0.1, -0.05) is 30.3 Å². The maximum atomic E-state index is 12.0. The van der Waals surface area contributed by atoms with Gasteiger partial charge in [0.15, 0.2) is 0 Å². The zero-order chi connectivity index (χ0) is 16.8. The standard InChI is InChI=1S/C17H23N3O3/c1-4-23-16(21)14-10-18-17(22)19-15(14)11-20(3)12(2)13-8-6-5-7-9-13/h5-9,12H,4,10-11H2,1-3H3,(H2,18,19,22). The van der Waals surface area contributed by atoms with Crippen molar-refractivity contribution in [3.05, 3.63) is 47.2 Å². The normalized spacial score (nSPS) is 15.9. The molecule has 1 aromatic rings. The largest absolute Gasteiger partial charge is 0.463 e. The van der Waals surface area contributed by atoms with E-state index in [1.165, 1.54) is 5.56 Å². The molecule has 0 bridgehead atoms. The predicted octanol–water partition coefficient (Wildman–Crippen LogP) is 1.81. The highest BCUT2D eigenvalue weighted by Crippen LogP contribution is 2.20. The second kappa shape index (κ2) is 7.78. The molecule has 2 rings (SSSR count). The number of nitrogens with one attached hydrogen (secondary N) is 2. The highest BCUT2D eigenvalue weighted by molar-refractivity contribution is 5.93. The molecule has 0 fully saturated rings. The average Bonchev–Trinajstić information content (AvgIpc) is 2.55. The molecule has 2 N–H and O–H groups in total. The van der Waals surface area contributed by atoms with Gasteiger partial charge in [0.1, 0.15) is 0 Å². The Labute approximate surface area is 136 Å². The Kier molecular flexibility index (Phi) is 5.76. The minimum Gasteiger partial charge on any atom is -0.463 e. The minimum absolute atomic E-state index is 0.152. The number of esters is 1. The lowest BCUT2D eigenvalue weighted by Gasteiger charge is -2.29. The van der Waals surface area contributed by atoms with Crippen LogP contribution in [0.4, 0.5) is 4.79 Å². The number of amides is 2. The molecular formula is C17H23N3O3. The first kappa shape index (κ1) is 17.0. The maximum absolute atomic E-state index is 12.0. The van der Waals surface area contributed by atoms with E-state index in [1.54, 1.807) is 6.92 Å². The highest BCUT2D eigenvalue weighted by atomic mass is 16.5. The van der Waals surface area contributed by atoms with E-state index in [1.807, 2.05) is 25.2 Å². The summed E-state index contributed by atoms with van der Waals surface area (Å²) in [5, 5.41) is 5.34. The van der Waals surface area contributed by atoms with E-state index in [4.69, 9.17) is 4.74 Å². The number of likely N-dealkylation sites (N-methyl/N-ethyl adjacent to an activating group) is 1. The van der Waals surface area contributed by atoms with Crippen molar-refractivity contribution in [1.29, 1.82) is 0 Å². The number of hydrogen-bond donors (Lipinski definition) is 2. The van der Waals surface area contributed by atoms with Gasteiger partial charge in [-0.15, -0.1) is 0 Å². The fourth-order valence-corrected chi connectivity index (χ4v) is 2.45. The summed E-state index contributed by atoms with van der Waals surface area (Å²) in [5.74, 6) is -0.393. The van der Waals surface area contributed by atoms with Gasteiger partial charge in [0, 0.05) is 18.3 Å². The van der Waals surface area contributed by atoms with Crippen LogP contribution in [0.2, 0.25) is 0 Å². The second-order valence-corrected chi connectivity index (χ2v) is 5.49. The van der Waals surface area contributed by atoms with Crippen molar-refractivity contribution in [3.8, 4) is 0 Å². The summed E-state index contributed by atoms with van der Waals surface area (Å²) in [6.07, 6.45) is 0. The summed E-state index contributed by atoms with van der Waals surface area (Å²) < 4.78 is 5.07. The van der Waals surface area contributed by atoms with Crippen molar-refractivity contribution in [3.63, 3.8) is 0 Å². The first-order valence-corrected chi connectivity index (χ1v) is 7.72. The zero-order valence-electron chi connectivity index (χ0n) is 13.8. The molecule has 2 amide bonds. The van der Waals surface area contributed by atoms with Crippen molar-refractivity contribution in [2.45, 2.75) is 19.9 Å². The van der Waals surface area contributed by atoms with Gasteiger partial charge in [-0.3, -0.25) is 4.90 Å². The summed E-state index contributed by atoms with van der Waals surface area (Å²) >= 11 is 0. The van der Waals surface area contributed by atoms with Crippen molar-refractivity contribution in [2.75, 3.05) is 26.7 Å². The van der Waals surface area contributed by atoms with E-state index in [-0.39, 0.29) is 18.6 Å². The maximum Gasteiger partial charge on any atom is 0.337 e. The molecule has 1 aliphatic rings. The topological polar surface area (TPSA) is 70.7 Å². The Bertz CT molecular complexity index is 598. The lowest BCUT2D eigenvalue weighted by atomic mass is 10.1. The lowest BCUT2D eigenvalue weighted by Crippen LogP contribution is -2.46. The van der Waals surface area contributed by atoms with Gasteiger partial charge in [-0.05, 0) is 26.5 Å². The average molecular weight is 317 g/mol. The number of rotatable bonds is 6. The Morgan fingerprint density at radius 3 is 2.70 bits per heavy atom. The SMILES string of the molecule is CCOC(=O)C1=C(CN(C)C(C)c2ccccc2)NC(=O)NC1. The number of carbonyl (C=O) groups is 2. The summed E-state index contributed by atoms with van der Waals surface area (Å²) in [5.41, 5.74) is 2.24. The number of ether oxygens (including phenoxy) is 1. The third-order valence-electron chi connectivity index (χ3n) is 3.93. The Morgan fingerprint density at radius 2 is 2.04 bits per heavy atom. The van der Waals surface area contributed by atoms with Crippen molar-refractivity contribution in [2.24, 2.45) is 0 Å². The molecule has 0 saturated heterocycles. The fraction of sp³-hybridized carbons (Fsp3) is 0.412. The molecule has 23 heavy (non-hydrogen) atoms. The summed E-state index contributed by atoms with van der Waals surface area (Å²) in [6.45, 7) is 4.80. The lowest BCUT2D eigenvalue weighted by molar-refractivity contribution is -0.138. The van der Waals surface area contributed by atoms with Crippen LogP contribution >= 0.6 is 0 Å². The first-order valence-electron chi connectivity index (χ1n) is 7.72. The van der Waals surface area contributed by atoms with E-state index in [0.717, 1.165) is 0 Å². The number of urea groups is 1. The Morgan fingerprint density at radius 1 is 1.35 bits per heavy atom. The number of hydrogen-bond acceptors (Lipinski definition) is 4. The van der Waals surface area contributed by atoms with E-state index < -0.39 is 5.97 Å². The van der Waals surface area contributed by atoms with E-state index in [0.29, 0.717) is 24.4 Å². The van der Waals surface area contributed by atoms with Gasteiger partial charge in [-0.25, -0.2) is 9.59 Å². The molecule has 1 aliphatic heterocycles. The molecule has 0 aromatic heterocycles. The van der Waals surface area contributed by atoms with E-state index in [2.05, 4.69) is 34.6 Å². The van der Waals surface area contributed by atoms with Gasteiger partial charge in [0.05, 0.1) is 18.7 Å². The third kappa shape index (κ3) is 4.32. The summed E-state index contributed by atoms with van der Waals surface area (Å²) in [7, 11) is 1.96. The molecule has 1 atom stereocenters. The molecule has 1 heterocycles. The minimum atomic E-state index is -0.393. The summed E-state index contributed by atoms with van der Waals surface area (Å²) in [6, 6.07) is 9.94. The van der Waals surface area contributed by atoms with Gasteiger partial charge >= 0.3 is 12.0 Å². The number of carbonyl (C=O) groups excluding carboxylic acids is 2. The van der Waals surface area contributed by atoms with Crippen LogP contribution in [-0.4, -0.2) is 43.6 Å². The van der Waals surface area contributed by atoms with Crippen LogP contribution in [0.1, 0.15) is 25.5 Å². The zero-order valence-corrected chi connectivity index (χ0v) is 13.8. The van der Waals surface area contributed by atoms with Crippen molar-refractivity contribution < 1.29 is 14.3 Å². The molecule has 6 heteroatoms. The van der Waals surface area contributed by atoms with Crippen LogP contribution in [0.25, 0.3) is 0 Å². The molecule has 0 spiro atoms. The van der Waals surface area contributed by atoms with Crippen molar-refractivity contribution >= 4 is 12.0 Å². The second-order valence-electron chi connectivity index (χ2n) is 5.49. The van der Waals surface area contributed by atoms with Crippen molar-refractivity contribution in [1.82, 2.24) is 15.5 Å².